The number of carbonyl (C=O) groups excluding carboxylic acids is 1. The Bertz CT molecular complexity index is 371. The van der Waals surface area contributed by atoms with Gasteiger partial charge in [0.25, 0.3) is 0 Å². The predicted octanol–water partition coefficient (Wildman–Crippen LogP) is 1.42. The molecule has 0 aromatic carbocycles. The monoisotopic (exact) mass is 253 g/mol. The van der Waals surface area contributed by atoms with Gasteiger partial charge in [-0.3, -0.25) is 4.79 Å². The highest BCUT2D eigenvalue weighted by Crippen LogP contribution is 2.26. The second-order valence-corrected chi connectivity index (χ2v) is 5.71. The van der Waals surface area contributed by atoms with Gasteiger partial charge < -0.3 is 11.1 Å². The van der Waals surface area contributed by atoms with Gasteiger partial charge in [-0.1, -0.05) is 13.0 Å². The van der Waals surface area contributed by atoms with Gasteiger partial charge in [0.15, 0.2) is 0 Å². The van der Waals surface area contributed by atoms with E-state index in [4.69, 9.17) is 5.73 Å². The Balaban J connectivity index is 2.60. The van der Waals surface area contributed by atoms with Crippen LogP contribution in [0.15, 0.2) is 29.4 Å². The van der Waals surface area contributed by atoms with Gasteiger partial charge in [0.05, 0.1) is 10.6 Å². The number of likely N-dealkylation sites (N-methyl/N-ethyl adjacent to an activating group) is 1. The summed E-state index contributed by atoms with van der Waals surface area (Å²) in [6.45, 7) is 3.89. The molecular formula is C12H19N3OS. The van der Waals surface area contributed by atoms with Crippen LogP contribution in [0, 0.1) is 0 Å². The van der Waals surface area contributed by atoms with Gasteiger partial charge in [-0.05, 0) is 32.5 Å². The van der Waals surface area contributed by atoms with Crippen LogP contribution in [-0.2, 0) is 4.79 Å². The van der Waals surface area contributed by atoms with E-state index in [9.17, 15) is 4.79 Å². The Morgan fingerprint density at radius 3 is 2.82 bits per heavy atom. The van der Waals surface area contributed by atoms with Crippen LogP contribution < -0.4 is 11.1 Å². The summed E-state index contributed by atoms with van der Waals surface area (Å²) in [7, 11) is 1.75. The van der Waals surface area contributed by atoms with E-state index in [1.165, 1.54) is 0 Å². The Morgan fingerprint density at radius 1 is 1.65 bits per heavy atom. The first-order valence-electron chi connectivity index (χ1n) is 5.54. The van der Waals surface area contributed by atoms with Crippen molar-refractivity contribution in [3.8, 4) is 0 Å². The summed E-state index contributed by atoms with van der Waals surface area (Å²) in [5, 5.41) is 4.21. The van der Waals surface area contributed by atoms with Crippen LogP contribution >= 0.6 is 11.8 Å². The first-order valence-corrected chi connectivity index (χ1v) is 6.42. The lowest BCUT2D eigenvalue weighted by Crippen LogP contribution is -2.52. The van der Waals surface area contributed by atoms with Crippen molar-refractivity contribution in [1.82, 2.24) is 10.3 Å². The third kappa shape index (κ3) is 4.02. The lowest BCUT2D eigenvalue weighted by atomic mass is 9.95. The fourth-order valence-corrected chi connectivity index (χ4v) is 2.67. The van der Waals surface area contributed by atoms with E-state index in [0.717, 1.165) is 5.03 Å². The quantitative estimate of drug-likeness (QED) is 0.752. The standard InChI is InChI=1S/C12H19N3OS/c1-9(8-12(2,14-3)11(13)16)17-10-6-4-5-7-15-10/h4-7,9,14H,8H2,1-3H3,(H2,13,16). The number of rotatable bonds is 6. The van der Waals surface area contributed by atoms with Crippen molar-refractivity contribution in [2.24, 2.45) is 5.73 Å². The zero-order chi connectivity index (χ0) is 12.9. The zero-order valence-corrected chi connectivity index (χ0v) is 11.3. The highest BCUT2D eigenvalue weighted by molar-refractivity contribution is 7.99. The fourth-order valence-electron chi connectivity index (χ4n) is 1.57. The van der Waals surface area contributed by atoms with Crippen LogP contribution in [-0.4, -0.2) is 28.7 Å². The molecule has 0 saturated carbocycles. The van der Waals surface area contributed by atoms with Crippen LogP contribution in [0.2, 0.25) is 0 Å². The molecule has 0 aliphatic heterocycles. The van der Waals surface area contributed by atoms with Gasteiger partial charge >= 0.3 is 0 Å². The molecule has 1 aromatic rings. The number of nitrogens with two attached hydrogens (primary N) is 1. The Hall–Kier alpha value is -1.07. The Labute approximate surface area is 106 Å². The molecule has 2 atom stereocenters. The molecule has 0 saturated heterocycles. The minimum atomic E-state index is -0.665. The maximum atomic E-state index is 11.4. The summed E-state index contributed by atoms with van der Waals surface area (Å²) in [5.74, 6) is -0.325. The maximum Gasteiger partial charge on any atom is 0.237 e. The van der Waals surface area contributed by atoms with Crippen molar-refractivity contribution in [2.75, 3.05) is 7.05 Å². The summed E-state index contributed by atoms with van der Waals surface area (Å²) in [6, 6.07) is 5.80. The molecule has 0 aliphatic carbocycles. The highest BCUT2D eigenvalue weighted by atomic mass is 32.2. The molecule has 0 fully saturated rings. The molecule has 0 radical (unpaired) electrons. The molecule has 1 heterocycles. The van der Waals surface area contributed by atoms with Crippen LogP contribution in [0.25, 0.3) is 0 Å². The molecule has 0 aliphatic rings. The summed E-state index contributed by atoms with van der Waals surface area (Å²) in [6.07, 6.45) is 2.43. The molecule has 0 bridgehead atoms. The lowest BCUT2D eigenvalue weighted by molar-refractivity contribution is -0.123. The summed E-state index contributed by atoms with van der Waals surface area (Å²) >= 11 is 1.64. The molecule has 1 amide bonds. The van der Waals surface area contributed by atoms with E-state index in [1.54, 1.807) is 25.0 Å². The summed E-state index contributed by atoms with van der Waals surface area (Å²) < 4.78 is 0. The fraction of sp³-hybridized carbons (Fsp3) is 0.500. The molecule has 0 spiro atoms. The minimum Gasteiger partial charge on any atom is -0.368 e. The predicted molar refractivity (Wildman–Crippen MR) is 70.8 cm³/mol. The highest BCUT2D eigenvalue weighted by Gasteiger charge is 2.31. The number of hydrogen-bond donors (Lipinski definition) is 2. The van der Waals surface area contributed by atoms with E-state index < -0.39 is 5.54 Å². The molecule has 3 N–H and O–H groups in total. The van der Waals surface area contributed by atoms with Gasteiger partial charge in [-0.15, -0.1) is 11.8 Å². The molecule has 2 unspecified atom stereocenters. The van der Waals surface area contributed by atoms with Gasteiger partial charge in [-0.25, -0.2) is 4.98 Å². The van der Waals surface area contributed by atoms with Crippen molar-refractivity contribution < 1.29 is 4.79 Å². The van der Waals surface area contributed by atoms with Crippen LogP contribution in [0.5, 0.6) is 0 Å². The number of thioether (sulfide) groups is 1. The number of hydrogen-bond acceptors (Lipinski definition) is 4. The van der Waals surface area contributed by atoms with E-state index in [1.807, 2.05) is 25.1 Å². The normalized spacial score (nSPS) is 16.2. The number of aromatic nitrogens is 1. The number of nitrogens with zero attached hydrogens (tertiary/aromatic N) is 1. The van der Waals surface area contributed by atoms with Crippen LogP contribution in [0.3, 0.4) is 0 Å². The SMILES string of the molecule is CNC(C)(CC(C)Sc1ccccn1)C(N)=O. The van der Waals surface area contributed by atoms with Crippen LogP contribution in [0.4, 0.5) is 0 Å². The van der Waals surface area contributed by atoms with Crippen molar-refractivity contribution in [2.45, 2.75) is 36.1 Å². The Morgan fingerprint density at radius 2 is 2.35 bits per heavy atom. The van der Waals surface area contributed by atoms with Crippen molar-refractivity contribution >= 4 is 17.7 Å². The third-order valence-electron chi connectivity index (χ3n) is 2.75. The average Bonchev–Trinajstić information content (AvgIpc) is 2.29. The van der Waals surface area contributed by atoms with Gasteiger partial charge in [-0.2, -0.15) is 0 Å². The van der Waals surface area contributed by atoms with Gasteiger partial charge in [0, 0.05) is 11.4 Å². The molecular weight excluding hydrogens is 234 g/mol. The van der Waals surface area contributed by atoms with E-state index in [0.29, 0.717) is 6.42 Å². The summed E-state index contributed by atoms with van der Waals surface area (Å²) in [5.41, 5.74) is 4.73. The first kappa shape index (κ1) is 14.0. The van der Waals surface area contributed by atoms with E-state index in [2.05, 4.69) is 17.2 Å². The summed E-state index contributed by atoms with van der Waals surface area (Å²) in [4.78, 5) is 15.6. The van der Waals surface area contributed by atoms with Crippen molar-refractivity contribution in [3.05, 3.63) is 24.4 Å². The molecule has 1 aromatic heterocycles. The topological polar surface area (TPSA) is 68.0 Å². The smallest absolute Gasteiger partial charge is 0.237 e. The van der Waals surface area contributed by atoms with E-state index in [-0.39, 0.29) is 11.2 Å². The molecule has 4 nitrogen and oxygen atoms in total. The number of carbonyl (C=O) groups is 1. The number of amides is 1. The minimum absolute atomic E-state index is 0.259. The molecule has 17 heavy (non-hydrogen) atoms. The van der Waals surface area contributed by atoms with Crippen molar-refractivity contribution in [3.63, 3.8) is 0 Å². The lowest BCUT2D eigenvalue weighted by Gasteiger charge is -2.28. The number of pyridine rings is 1. The van der Waals surface area contributed by atoms with Crippen molar-refractivity contribution in [1.29, 1.82) is 0 Å². The first-order chi connectivity index (χ1) is 7.98. The maximum absolute atomic E-state index is 11.4. The van der Waals surface area contributed by atoms with Gasteiger partial charge in [0.2, 0.25) is 5.91 Å². The van der Waals surface area contributed by atoms with Gasteiger partial charge in [0.1, 0.15) is 0 Å². The second kappa shape index (κ2) is 6.02. The molecule has 94 valence electrons. The Kier molecular flexibility index (Phi) is 4.96. The molecule has 1 rings (SSSR count). The number of nitrogens with one attached hydrogen (secondary N) is 1. The van der Waals surface area contributed by atoms with E-state index >= 15 is 0 Å². The second-order valence-electron chi connectivity index (χ2n) is 4.25. The molecule has 5 heteroatoms. The average molecular weight is 253 g/mol. The zero-order valence-electron chi connectivity index (χ0n) is 10.4. The largest absolute Gasteiger partial charge is 0.368 e. The van der Waals surface area contributed by atoms with Crippen LogP contribution in [0.1, 0.15) is 20.3 Å². The third-order valence-corrected chi connectivity index (χ3v) is 3.80. The number of primary amides is 1.